The molecular weight excluding hydrogens is 200 g/mol. The molecule has 0 N–H and O–H groups in total. The van der Waals surface area contributed by atoms with Gasteiger partial charge in [0.25, 0.3) is 0 Å². The van der Waals surface area contributed by atoms with Crippen molar-refractivity contribution in [3.63, 3.8) is 0 Å². The van der Waals surface area contributed by atoms with Crippen molar-refractivity contribution in [1.29, 1.82) is 0 Å². The quantitative estimate of drug-likeness (QED) is 0.397. The normalized spacial score (nSPS) is 12.0. The van der Waals surface area contributed by atoms with Crippen molar-refractivity contribution in [3.8, 4) is 22.3 Å². The highest BCUT2D eigenvalue weighted by Crippen LogP contribution is 2.48. The summed E-state index contributed by atoms with van der Waals surface area (Å²) in [7, 11) is 0. The lowest BCUT2D eigenvalue weighted by atomic mass is 10.0. The lowest BCUT2D eigenvalue weighted by molar-refractivity contribution is 1.78. The zero-order valence-corrected chi connectivity index (χ0v) is 8.84. The molecular formula is C14H8S. The molecule has 0 spiro atoms. The predicted octanol–water partition coefficient (Wildman–Crippen LogP) is 4.55. The smallest absolute Gasteiger partial charge is 0.000852 e. The fraction of sp³-hybridized carbons (Fsp3) is 0. The summed E-state index contributed by atoms with van der Waals surface area (Å²) < 4.78 is 0. The lowest BCUT2D eigenvalue weighted by Crippen LogP contribution is -1.74. The highest BCUT2D eigenvalue weighted by molar-refractivity contribution is 7.08. The average Bonchev–Trinajstić information content (AvgIpc) is 2.84. The molecule has 0 unspecified atom stereocenters. The number of benzene rings is 2. The van der Waals surface area contributed by atoms with Crippen LogP contribution in [0.1, 0.15) is 0 Å². The highest BCUT2D eigenvalue weighted by Gasteiger charge is 2.20. The van der Waals surface area contributed by atoms with Gasteiger partial charge in [-0.2, -0.15) is 11.3 Å². The van der Waals surface area contributed by atoms with E-state index in [9.17, 15) is 0 Å². The minimum Gasteiger partial charge on any atom is -0.151 e. The lowest BCUT2D eigenvalue weighted by Gasteiger charge is -2.00. The monoisotopic (exact) mass is 208 g/mol. The van der Waals surface area contributed by atoms with Crippen LogP contribution in [-0.2, 0) is 0 Å². The van der Waals surface area contributed by atoms with Crippen molar-refractivity contribution >= 4 is 22.1 Å². The minimum absolute atomic E-state index is 1.35. The Morgan fingerprint density at radius 1 is 0.667 bits per heavy atom. The fourth-order valence-electron chi connectivity index (χ4n) is 2.50. The van der Waals surface area contributed by atoms with Crippen LogP contribution in [0, 0.1) is 0 Å². The largest absolute Gasteiger partial charge is 0.151 e. The van der Waals surface area contributed by atoms with Crippen LogP contribution in [0.2, 0.25) is 0 Å². The average molecular weight is 208 g/mol. The molecule has 1 heterocycles. The Balaban J connectivity index is 2.35. The Morgan fingerprint density at radius 2 is 1.27 bits per heavy atom. The van der Waals surface area contributed by atoms with Crippen LogP contribution in [0.25, 0.3) is 33.0 Å². The Hall–Kier alpha value is -1.60. The Morgan fingerprint density at radius 3 is 1.87 bits per heavy atom. The maximum absolute atomic E-state index is 2.25. The Labute approximate surface area is 91.8 Å². The third-order valence-electron chi connectivity index (χ3n) is 3.15. The number of hydrogen-bond acceptors (Lipinski definition) is 1. The van der Waals surface area contributed by atoms with Gasteiger partial charge in [0.2, 0.25) is 0 Å². The van der Waals surface area contributed by atoms with E-state index in [0.717, 1.165) is 0 Å². The van der Waals surface area contributed by atoms with E-state index >= 15 is 0 Å². The van der Waals surface area contributed by atoms with Crippen LogP contribution in [0.3, 0.4) is 0 Å². The Bertz CT molecular complexity index is 623. The van der Waals surface area contributed by atoms with E-state index in [1.165, 1.54) is 33.0 Å². The van der Waals surface area contributed by atoms with Gasteiger partial charge in [-0.05, 0) is 32.7 Å². The summed E-state index contributed by atoms with van der Waals surface area (Å²) in [5, 5.41) is 7.29. The topological polar surface area (TPSA) is 0 Å². The van der Waals surface area contributed by atoms with Crippen LogP contribution in [0.4, 0.5) is 0 Å². The summed E-state index contributed by atoms with van der Waals surface area (Å²) in [6.45, 7) is 0. The summed E-state index contributed by atoms with van der Waals surface area (Å²) in [6.07, 6.45) is 0. The molecule has 70 valence electrons. The standard InChI is InChI=1S/C14H8S/c1-3-9-4-2-6-11-13-8-15-7-12(13)10(5-1)14(9)11/h1-8H. The molecule has 1 aliphatic rings. The van der Waals surface area contributed by atoms with Crippen molar-refractivity contribution in [2.75, 3.05) is 0 Å². The van der Waals surface area contributed by atoms with E-state index in [1.54, 1.807) is 11.3 Å². The number of hydrogen-bond donors (Lipinski definition) is 0. The molecule has 0 radical (unpaired) electrons. The number of rotatable bonds is 0. The van der Waals surface area contributed by atoms with Gasteiger partial charge >= 0.3 is 0 Å². The maximum Gasteiger partial charge on any atom is 0.000852 e. The van der Waals surface area contributed by atoms with Crippen molar-refractivity contribution in [3.05, 3.63) is 47.2 Å². The first-order chi connectivity index (χ1) is 7.45. The van der Waals surface area contributed by atoms with Gasteiger partial charge in [0.15, 0.2) is 0 Å². The van der Waals surface area contributed by atoms with Crippen molar-refractivity contribution in [2.45, 2.75) is 0 Å². The fourth-order valence-corrected chi connectivity index (χ4v) is 3.35. The zero-order chi connectivity index (χ0) is 9.83. The van der Waals surface area contributed by atoms with Crippen LogP contribution in [0.15, 0.2) is 47.2 Å². The molecule has 0 amide bonds. The molecule has 0 fully saturated rings. The molecule has 0 nitrogen and oxygen atoms in total. The van der Waals surface area contributed by atoms with Gasteiger partial charge in [0, 0.05) is 11.1 Å². The molecule has 1 aliphatic carbocycles. The number of thiophene rings is 1. The van der Waals surface area contributed by atoms with Gasteiger partial charge in [-0.3, -0.25) is 0 Å². The predicted molar refractivity (Wildman–Crippen MR) is 66.3 cm³/mol. The third-order valence-corrected chi connectivity index (χ3v) is 3.89. The highest BCUT2D eigenvalue weighted by atomic mass is 32.1. The first kappa shape index (κ1) is 7.66. The van der Waals surface area contributed by atoms with Crippen molar-refractivity contribution < 1.29 is 0 Å². The number of fused-ring (bicyclic) bond motifs is 3. The molecule has 4 rings (SSSR count). The molecule has 0 saturated heterocycles. The SMILES string of the molecule is c1cc2c3c(cccc3c1)-c1cscc1-2. The zero-order valence-electron chi connectivity index (χ0n) is 8.03. The summed E-state index contributed by atoms with van der Waals surface area (Å²) >= 11 is 1.79. The molecule has 0 bridgehead atoms. The van der Waals surface area contributed by atoms with E-state index in [2.05, 4.69) is 47.2 Å². The molecule has 2 aromatic carbocycles. The van der Waals surface area contributed by atoms with Gasteiger partial charge in [-0.15, -0.1) is 0 Å². The minimum atomic E-state index is 1.35. The van der Waals surface area contributed by atoms with Crippen LogP contribution in [0.5, 0.6) is 0 Å². The first-order valence-corrected chi connectivity index (χ1v) is 5.98. The second-order valence-electron chi connectivity index (χ2n) is 3.91. The third kappa shape index (κ3) is 0.822. The van der Waals surface area contributed by atoms with E-state index in [1.807, 2.05) is 0 Å². The summed E-state index contributed by atoms with van der Waals surface area (Å²) in [5.41, 5.74) is 5.62. The van der Waals surface area contributed by atoms with E-state index < -0.39 is 0 Å². The van der Waals surface area contributed by atoms with Crippen LogP contribution in [-0.4, -0.2) is 0 Å². The second kappa shape index (κ2) is 2.50. The van der Waals surface area contributed by atoms with E-state index in [4.69, 9.17) is 0 Å². The van der Waals surface area contributed by atoms with E-state index in [-0.39, 0.29) is 0 Å². The van der Waals surface area contributed by atoms with Gasteiger partial charge in [0.1, 0.15) is 0 Å². The van der Waals surface area contributed by atoms with Gasteiger partial charge in [0.05, 0.1) is 0 Å². The molecule has 0 aliphatic heterocycles. The van der Waals surface area contributed by atoms with Gasteiger partial charge in [-0.1, -0.05) is 36.4 Å². The van der Waals surface area contributed by atoms with Gasteiger partial charge < -0.3 is 0 Å². The molecule has 0 atom stereocenters. The molecule has 1 heteroatoms. The molecule has 3 aromatic rings. The van der Waals surface area contributed by atoms with E-state index in [0.29, 0.717) is 0 Å². The van der Waals surface area contributed by atoms with Gasteiger partial charge in [-0.25, -0.2) is 0 Å². The summed E-state index contributed by atoms with van der Waals surface area (Å²) in [6, 6.07) is 13.1. The first-order valence-electron chi connectivity index (χ1n) is 5.04. The summed E-state index contributed by atoms with van der Waals surface area (Å²) in [4.78, 5) is 0. The molecule has 1 aromatic heterocycles. The van der Waals surface area contributed by atoms with Crippen molar-refractivity contribution in [2.24, 2.45) is 0 Å². The maximum atomic E-state index is 2.25. The van der Waals surface area contributed by atoms with Crippen LogP contribution < -0.4 is 0 Å². The Kier molecular flexibility index (Phi) is 1.28. The molecule has 15 heavy (non-hydrogen) atoms. The molecule has 0 saturated carbocycles. The summed E-state index contributed by atoms with van der Waals surface area (Å²) in [5.74, 6) is 0. The van der Waals surface area contributed by atoms with Crippen molar-refractivity contribution in [1.82, 2.24) is 0 Å². The second-order valence-corrected chi connectivity index (χ2v) is 4.65. The van der Waals surface area contributed by atoms with Crippen LogP contribution >= 0.6 is 11.3 Å².